The third-order valence-electron chi connectivity index (χ3n) is 2.95. The van der Waals surface area contributed by atoms with Crippen LogP contribution in [0.25, 0.3) is 0 Å². The Morgan fingerprint density at radius 1 is 1.35 bits per heavy atom. The van der Waals surface area contributed by atoms with Gasteiger partial charge in [-0.2, -0.15) is 0 Å². The molecular weight excluding hydrogens is 281 g/mol. The SMILES string of the molecule is CCNC(c1ccc(COC)o1)c1cccc(F)c1Cl. The molecule has 0 aliphatic heterocycles. The summed E-state index contributed by atoms with van der Waals surface area (Å²) in [4.78, 5) is 0. The predicted molar refractivity (Wildman–Crippen MR) is 76.4 cm³/mol. The fourth-order valence-electron chi connectivity index (χ4n) is 2.08. The third kappa shape index (κ3) is 3.20. The Balaban J connectivity index is 2.36. The standard InChI is InChI=1S/C15H17ClFNO2/c1-3-18-15(11-5-4-6-12(17)14(11)16)13-8-7-10(20-13)9-19-2/h4-8,15,18H,3,9H2,1-2H3. The zero-order valence-corrected chi connectivity index (χ0v) is 12.2. The zero-order chi connectivity index (χ0) is 14.5. The lowest BCUT2D eigenvalue weighted by Crippen LogP contribution is -2.22. The van der Waals surface area contributed by atoms with Crippen molar-refractivity contribution in [2.45, 2.75) is 19.6 Å². The smallest absolute Gasteiger partial charge is 0.142 e. The van der Waals surface area contributed by atoms with Crippen molar-refractivity contribution in [3.8, 4) is 0 Å². The first-order valence-electron chi connectivity index (χ1n) is 6.42. The van der Waals surface area contributed by atoms with Crippen molar-refractivity contribution >= 4 is 11.6 Å². The van der Waals surface area contributed by atoms with Crippen LogP contribution < -0.4 is 5.32 Å². The average molecular weight is 298 g/mol. The maximum absolute atomic E-state index is 13.6. The molecule has 2 aromatic rings. The number of hydrogen-bond donors (Lipinski definition) is 1. The summed E-state index contributed by atoms with van der Waals surface area (Å²) in [5, 5.41) is 3.37. The van der Waals surface area contributed by atoms with Crippen LogP contribution >= 0.6 is 11.6 Å². The van der Waals surface area contributed by atoms with E-state index in [1.165, 1.54) is 6.07 Å². The highest BCUT2D eigenvalue weighted by molar-refractivity contribution is 6.31. The maximum atomic E-state index is 13.6. The molecule has 0 radical (unpaired) electrons. The molecule has 3 nitrogen and oxygen atoms in total. The second kappa shape index (κ2) is 6.88. The van der Waals surface area contributed by atoms with Crippen molar-refractivity contribution in [2.24, 2.45) is 0 Å². The topological polar surface area (TPSA) is 34.4 Å². The molecule has 1 unspecified atom stereocenters. The fourth-order valence-corrected chi connectivity index (χ4v) is 2.32. The van der Waals surface area contributed by atoms with E-state index in [2.05, 4.69) is 5.32 Å². The lowest BCUT2D eigenvalue weighted by molar-refractivity contribution is 0.162. The highest BCUT2D eigenvalue weighted by Gasteiger charge is 2.21. The monoisotopic (exact) mass is 297 g/mol. The van der Waals surface area contributed by atoms with Crippen LogP contribution in [-0.2, 0) is 11.3 Å². The van der Waals surface area contributed by atoms with E-state index in [0.29, 0.717) is 24.5 Å². The highest BCUT2D eigenvalue weighted by atomic mass is 35.5. The summed E-state index contributed by atoms with van der Waals surface area (Å²) in [7, 11) is 1.60. The summed E-state index contributed by atoms with van der Waals surface area (Å²) in [6, 6.07) is 8.18. The number of nitrogens with one attached hydrogen (secondary N) is 1. The molecule has 0 aliphatic rings. The Labute approximate surface area is 122 Å². The molecule has 20 heavy (non-hydrogen) atoms. The van der Waals surface area contributed by atoms with E-state index in [4.69, 9.17) is 20.8 Å². The number of halogens is 2. The van der Waals surface area contributed by atoms with Gasteiger partial charge in [-0.05, 0) is 30.3 Å². The van der Waals surface area contributed by atoms with Crippen molar-refractivity contribution in [3.63, 3.8) is 0 Å². The highest BCUT2D eigenvalue weighted by Crippen LogP contribution is 2.31. The van der Waals surface area contributed by atoms with Gasteiger partial charge in [0.15, 0.2) is 0 Å². The van der Waals surface area contributed by atoms with Gasteiger partial charge < -0.3 is 14.5 Å². The maximum Gasteiger partial charge on any atom is 0.142 e. The van der Waals surface area contributed by atoms with E-state index >= 15 is 0 Å². The molecule has 108 valence electrons. The molecule has 5 heteroatoms. The van der Waals surface area contributed by atoms with Crippen molar-refractivity contribution in [2.75, 3.05) is 13.7 Å². The van der Waals surface area contributed by atoms with Crippen LogP contribution in [0.2, 0.25) is 5.02 Å². The Hall–Kier alpha value is -1.36. The number of methoxy groups -OCH3 is 1. The Kier molecular flexibility index (Phi) is 5.17. The van der Waals surface area contributed by atoms with Crippen LogP contribution in [0.15, 0.2) is 34.7 Å². The number of hydrogen-bond acceptors (Lipinski definition) is 3. The van der Waals surface area contributed by atoms with Gasteiger partial charge in [0.05, 0.1) is 11.1 Å². The van der Waals surface area contributed by atoms with E-state index in [9.17, 15) is 4.39 Å². The Morgan fingerprint density at radius 2 is 2.15 bits per heavy atom. The van der Waals surface area contributed by atoms with Crippen LogP contribution in [0.3, 0.4) is 0 Å². The summed E-state index contributed by atoms with van der Waals surface area (Å²) in [6.07, 6.45) is 0. The molecule has 1 atom stereocenters. The van der Waals surface area contributed by atoms with Crippen molar-refractivity contribution in [1.29, 1.82) is 0 Å². The molecule has 0 saturated heterocycles. The second-order valence-corrected chi connectivity index (χ2v) is 4.75. The largest absolute Gasteiger partial charge is 0.462 e. The summed E-state index contributed by atoms with van der Waals surface area (Å²) >= 11 is 6.06. The van der Waals surface area contributed by atoms with Crippen LogP contribution in [-0.4, -0.2) is 13.7 Å². The van der Waals surface area contributed by atoms with Gasteiger partial charge in [-0.15, -0.1) is 0 Å². The molecular formula is C15H17ClFNO2. The minimum atomic E-state index is -0.434. The van der Waals surface area contributed by atoms with E-state index in [0.717, 1.165) is 5.76 Å². The molecule has 1 N–H and O–H groups in total. The normalized spacial score (nSPS) is 12.6. The molecule has 0 aliphatic carbocycles. The molecule has 2 rings (SSSR count). The van der Waals surface area contributed by atoms with E-state index < -0.39 is 5.82 Å². The average Bonchev–Trinajstić information content (AvgIpc) is 2.88. The molecule has 0 spiro atoms. The Morgan fingerprint density at radius 3 is 2.85 bits per heavy atom. The van der Waals surface area contributed by atoms with Gasteiger partial charge in [-0.25, -0.2) is 4.39 Å². The summed E-state index contributed by atoms with van der Waals surface area (Å²) in [5.41, 5.74) is 0.659. The third-order valence-corrected chi connectivity index (χ3v) is 3.35. The van der Waals surface area contributed by atoms with E-state index in [-0.39, 0.29) is 11.1 Å². The Bertz CT molecular complexity index is 571. The minimum absolute atomic E-state index is 0.114. The van der Waals surface area contributed by atoms with Crippen LogP contribution in [0.4, 0.5) is 4.39 Å². The quantitative estimate of drug-likeness (QED) is 0.877. The lowest BCUT2D eigenvalue weighted by atomic mass is 10.0. The van der Waals surface area contributed by atoms with Crippen LogP contribution in [0.1, 0.15) is 30.0 Å². The summed E-state index contributed by atoms with van der Waals surface area (Å²) in [6.45, 7) is 3.08. The second-order valence-electron chi connectivity index (χ2n) is 4.37. The van der Waals surface area contributed by atoms with Gasteiger partial charge in [0.1, 0.15) is 23.9 Å². The molecule has 0 saturated carbocycles. The minimum Gasteiger partial charge on any atom is -0.462 e. The summed E-state index contributed by atoms with van der Waals surface area (Å²) in [5.74, 6) is 0.972. The van der Waals surface area contributed by atoms with Gasteiger partial charge in [-0.1, -0.05) is 30.7 Å². The predicted octanol–water partition coefficient (Wildman–Crippen LogP) is 3.92. The first kappa shape index (κ1) is 15.0. The van der Waals surface area contributed by atoms with Crippen molar-refractivity contribution < 1.29 is 13.5 Å². The van der Waals surface area contributed by atoms with Crippen LogP contribution in [0.5, 0.6) is 0 Å². The van der Waals surface area contributed by atoms with Crippen LogP contribution in [0, 0.1) is 5.82 Å². The lowest BCUT2D eigenvalue weighted by Gasteiger charge is -2.17. The molecule has 1 heterocycles. The number of ether oxygens (including phenoxy) is 1. The zero-order valence-electron chi connectivity index (χ0n) is 11.5. The first-order valence-corrected chi connectivity index (χ1v) is 6.80. The number of furan rings is 1. The van der Waals surface area contributed by atoms with Gasteiger partial charge in [0, 0.05) is 7.11 Å². The first-order chi connectivity index (χ1) is 9.67. The van der Waals surface area contributed by atoms with Gasteiger partial charge in [0.25, 0.3) is 0 Å². The molecule has 1 aromatic heterocycles. The summed E-state index contributed by atoms with van der Waals surface area (Å²) < 4.78 is 24.4. The van der Waals surface area contributed by atoms with E-state index in [1.54, 1.807) is 19.2 Å². The van der Waals surface area contributed by atoms with Crippen molar-refractivity contribution in [1.82, 2.24) is 5.32 Å². The molecule has 0 fully saturated rings. The van der Waals surface area contributed by atoms with Gasteiger partial charge >= 0.3 is 0 Å². The molecule has 0 amide bonds. The molecule has 1 aromatic carbocycles. The van der Waals surface area contributed by atoms with Gasteiger partial charge in [-0.3, -0.25) is 0 Å². The fraction of sp³-hybridized carbons (Fsp3) is 0.333. The number of rotatable bonds is 6. The number of benzene rings is 1. The molecule has 0 bridgehead atoms. The van der Waals surface area contributed by atoms with Crippen molar-refractivity contribution in [3.05, 3.63) is 58.3 Å². The van der Waals surface area contributed by atoms with E-state index in [1.807, 2.05) is 19.1 Å². The van der Waals surface area contributed by atoms with Gasteiger partial charge in [0.2, 0.25) is 0 Å².